The van der Waals surface area contributed by atoms with Gasteiger partial charge in [-0.05, 0) is 23.7 Å². The summed E-state index contributed by atoms with van der Waals surface area (Å²) in [4.78, 5) is 6.79. The Labute approximate surface area is 161 Å². The molecule has 140 valence electrons. The van der Waals surface area contributed by atoms with Crippen molar-refractivity contribution in [2.45, 2.75) is 12.6 Å². The maximum absolute atomic E-state index is 4.44. The minimum atomic E-state index is 0.318. The number of aromatic nitrogens is 2. The average molecular weight is 361 g/mol. The van der Waals surface area contributed by atoms with E-state index in [1.165, 1.54) is 16.7 Å². The number of hydrogen-bond acceptors (Lipinski definition) is 4. The third-order valence-corrected chi connectivity index (χ3v) is 5.35. The first-order valence-electron chi connectivity index (χ1n) is 9.49. The maximum atomic E-state index is 4.44. The van der Waals surface area contributed by atoms with Gasteiger partial charge < -0.3 is 4.57 Å². The third-order valence-electron chi connectivity index (χ3n) is 5.35. The first-order chi connectivity index (χ1) is 13.2. The van der Waals surface area contributed by atoms with Crippen molar-refractivity contribution in [1.82, 2.24) is 25.3 Å². The van der Waals surface area contributed by atoms with Crippen LogP contribution in [0.4, 0.5) is 0 Å². The molecule has 1 fully saturated rings. The van der Waals surface area contributed by atoms with Crippen LogP contribution >= 0.6 is 0 Å². The summed E-state index contributed by atoms with van der Waals surface area (Å²) in [6.07, 6.45) is 3.86. The van der Waals surface area contributed by atoms with Gasteiger partial charge in [-0.15, -0.1) is 0 Å². The second kappa shape index (κ2) is 8.05. The van der Waals surface area contributed by atoms with Crippen molar-refractivity contribution < 1.29 is 0 Å². The smallest absolute Gasteiger partial charge is 0.122 e. The zero-order valence-electron chi connectivity index (χ0n) is 16.0. The molecule has 0 amide bonds. The Kier molecular flexibility index (Phi) is 5.34. The summed E-state index contributed by atoms with van der Waals surface area (Å²) in [5.41, 5.74) is 10.6. The predicted octanol–water partition coefficient (Wildman–Crippen LogP) is 2.98. The summed E-state index contributed by atoms with van der Waals surface area (Å²) in [5, 5.41) is 0. The molecule has 4 rings (SSSR count). The highest BCUT2D eigenvalue weighted by atomic mass is 15.4. The molecule has 2 heterocycles. The van der Waals surface area contributed by atoms with E-state index in [0.29, 0.717) is 12.0 Å². The molecule has 0 spiro atoms. The quantitative estimate of drug-likeness (QED) is 0.709. The first-order valence-corrected chi connectivity index (χ1v) is 9.49. The Morgan fingerprint density at radius 2 is 1.81 bits per heavy atom. The van der Waals surface area contributed by atoms with Crippen LogP contribution in [0, 0.1) is 5.92 Å². The molecule has 3 aromatic rings. The van der Waals surface area contributed by atoms with Crippen molar-refractivity contribution in [2.75, 3.05) is 20.1 Å². The molecule has 5 heteroatoms. The highest BCUT2D eigenvalue weighted by Crippen LogP contribution is 2.28. The van der Waals surface area contributed by atoms with E-state index in [1.54, 1.807) is 0 Å². The summed E-state index contributed by atoms with van der Waals surface area (Å²) in [7, 11) is 4.22. The van der Waals surface area contributed by atoms with Crippen LogP contribution in [0.5, 0.6) is 0 Å². The molecule has 2 N–H and O–H groups in total. The molecular formula is C22H27N5. The third kappa shape index (κ3) is 4.11. The van der Waals surface area contributed by atoms with Crippen LogP contribution in [0.3, 0.4) is 0 Å². The molecule has 1 aromatic heterocycles. The van der Waals surface area contributed by atoms with Crippen LogP contribution in [0.25, 0.3) is 11.1 Å². The van der Waals surface area contributed by atoms with E-state index < -0.39 is 0 Å². The number of benzene rings is 2. The Morgan fingerprint density at radius 1 is 1.07 bits per heavy atom. The van der Waals surface area contributed by atoms with Crippen molar-refractivity contribution in [3.05, 3.63) is 78.4 Å². The average Bonchev–Trinajstić information content (AvgIpc) is 3.32. The maximum Gasteiger partial charge on any atom is 0.122 e. The topological polar surface area (TPSA) is 45.1 Å². The number of rotatable bonds is 6. The second-order valence-electron chi connectivity index (χ2n) is 7.40. The summed E-state index contributed by atoms with van der Waals surface area (Å²) in [6.45, 7) is 2.84. The number of nitrogens with zero attached hydrogens (tertiary/aromatic N) is 3. The van der Waals surface area contributed by atoms with Gasteiger partial charge in [-0.3, -0.25) is 10.3 Å². The van der Waals surface area contributed by atoms with E-state index >= 15 is 0 Å². The summed E-state index contributed by atoms with van der Waals surface area (Å²) < 4.78 is 2.08. The largest absolute Gasteiger partial charge is 0.337 e. The number of aryl methyl sites for hydroxylation is 1. The molecule has 2 atom stereocenters. The van der Waals surface area contributed by atoms with Gasteiger partial charge in [-0.25, -0.2) is 10.4 Å². The standard InChI is InChI=1S/C22H27N5/c1-26(16-21-23-12-13-27(21)2)15-20-14-24-25-22(20)19-10-8-18(9-11-19)17-6-4-3-5-7-17/h3-13,20,22,24-25H,14-16H2,1-2H3. The van der Waals surface area contributed by atoms with E-state index in [2.05, 4.69) is 86.9 Å². The van der Waals surface area contributed by atoms with Crippen LogP contribution < -0.4 is 10.9 Å². The fraction of sp³-hybridized carbons (Fsp3) is 0.318. The van der Waals surface area contributed by atoms with Gasteiger partial charge in [-0.1, -0.05) is 54.6 Å². The molecule has 0 saturated carbocycles. The molecule has 1 aliphatic rings. The lowest BCUT2D eigenvalue weighted by atomic mass is 9.93. The lowest BCUT2D eigenvalue weighted by Gasteiger charge is -2.24. The molecule has 1 aliphatic heterocycles. The lowest BCUT2D eigenvalue weighted by Crippen LogP contribution is -2.30. The molecular weight excluding hydrogens is 334 g/mol. The molecule has 1 saturated heterocycles. The van der Waals surface area contributed by atoms with E-state index in [1.807, 2.05) is 19.4 Å². The molecule has 2 aromatic carbocycles. The van der Waals surface area contributed by atoms with Gasteiger partial charge in [0.2, 0.25) is 0 Å². The molecule has 0 aliphatic carbocycles. The van der Waals surface area contributed by atoms with E-state index in [4.69, 9.17) is 0 Å². The normalized spacial score (nSPS) is 19.7. The number of hydrazine groups is 1. The van der Waals surface area contributed by atoms with Crippen molar-refractivity contribution >= 4 is 0 Å². The van der Waals surface area contributed by atoms with E-state index in [0.717, 1.165) is 25.5 Å². The van der Waals surface area contributed by atoms with E-state index in [-0.39, 0.29) is 0 Å². The van der Waals surface area contributed by atoms with Gasteiger partial charge in [0, 0.05) is 38.4 Å². The second-order valence-corrected chi connectivity index (χ2v) is 7.40. The Hall–Kier alpha value is -2.47. The molecule has 27 heavy (non-hydrogen) atoms. The van der Waals surface area contributed by atoms with Crippen molar-refractivity contribution in [1.29, 1.82) is 0 Å². The van der Waals surface area contributed by atoms with Crippen molar-refractivity contribution in [3.63, 3.8) is 0 Å². The predicted molar refractivity (Wildman–Crippen MR) is 109 cm³/mol. The first kappa shape index (κ1) is 17.9. The van der Waals surface area contributed by atoms with Crippen LogP contribution in [-0.2, 0) is 13.6 Å². The molecule has 0 radical (unpaired) electrons. The van der Waals surface area contributed by atoms with Crippen molar-refractivity contribution in [2.24, 2.45) is 13.0 Å². The highest BCUT2D eigenvalue weighted by molar-refractivity contribution is 5.63. The summed E-state index contributed by atoms with van der Waals surface area (Å²) in [6, 6.07) is 19.8. The SMILES string of the molecule is CN(Cc1nccn1C)CC1CNNC1c1ccc(-c2ccccc2)cc1. The van der Waals surface area contributed by atoms with Gasteiger partial charge >= 0.3 is 0 Å². The lowest BCUT2D eigenvalue weighted by molar-refractivity contribution is 0.255. The van der Waals surface area contributed by atoms with Gasteiger partial charge in [-0.2, -0.15) is 0 Å². The van der Waals surface area contributed by atoms with Gasteiger partial charge in [0.15, 0.2) is 0 Å². The fourth-order valence-corrected chi connectivity index (χ4v) is 3.83. The Morgan fingerprint density at radius 3 is 2.52 bits per heavy atom. The van der Waals surface area contributed by atoms with Crippen LogP contribution in [0.2, 0.25) is 0 Å². The van der Waals surface area contributed by atoms with Crippen LogP contribution in [-0.4, -0.2) is 34.6 Å². The van der Waals surface area contributed by atoms with E-state index in [9.17, 15) is 0 Å². The van der Waals surface area contributed by atoms with Gasteiger partial charge in [0.25, 0.3) is 0 Å². The minimum Gasteiger partial charge on any atom is -0.337 e. The van der Waals surface area contributed by atoms with Crippen LogP contribution in [0.15, 0.2) is 67.0 Å². The number of hydrogen-bond donors (Lipinski definition) is 2. The summed E-state index contributed by atoms with van der Waals surface area (Å²) in [5.74, 6) is 1.61. The fourth-order valence-electron chi connectivity index (χ4n) is 3.83. The number of nitrogens with one attached hydrogen (secondary N) is 2. The minimum absolute atomic E-state index is 0.318. The summed E-state index contributed by atoms with van der Waals surface area (Å²) >= 11 is 0. The molecule has 2 unspecified atom stereocenters. The Balaban J connectivity index is 1.42. The number of imidazole rings is 1. The Bertz CT molecular complexity index is 856. The molecule has 5 nitrogen and oxygen atoms in total. The molecule has 0 bridgehead atoms. The highest BCUT2D eigenvalue weighted by Gasteiger charge is 2.29. The monoisotopic (exact) mass is 361 g/mol. The van der Waals surface area contributed by atoms with Crippen LogP contribution in [0.1, 0.15) is 17.4 Å². The van der Waals surface area contributed by atoms with Gasteiger partial charge in [0.1, 0.15) is 5.82 Å². The zero-order valence-corrected chi connectivity index (χ0v) is 16.0. The van der Waals surface area contributed by atoms with Gasteiger partial charge in [0.05, 0.1) is 12.6 Å². The van der Waals surface area contributed by atoms with Crippen molar-refractivity contribution in [3.8, 4) is 11.1 Å². The zero-order chi connectivity index (χ0) is 18.6.